The maximum Gasteiger partial charge on any atom is 0.262 e. The minimum absolute atomic E-state index is 0.471. The number of hydrogen-bond donors (Lipinski definition) is 1. The third kappa shape index (κ3) is 6.19. The molecule has 2 heterocycles. The highest BCUT2D eigenvalue weighted by molar-refractivity contribution is 8.03. The van der Waals surface area contributed by atoms with E-state index >= 15 is 0 Å². The Morgan fingerprint density at radius 2 is 1.86 bits per heavy atom. The molecule has 0 radical (unpaired) electrons. The predicted octanol–water partition coefficient (Wildman–Crippen LogP) is 10.3. The standard InChI is InChI=1S/C36H36N2S4/c1-4-37-31-15-11-27(24-39)22-33(31)41-35(37)17-12-25-19-26(21-29(20-25)28-9-7-6-8-10-28)13-18-36-38(5-2)32-16-14-30(40-3)23-34(32)42-36/h6-19,22-23,29H,4-5,20-21,24H2,1-3H3/p+1. The number of hydrogen-bond acceptors (Lipinski definition) is 5. The first-order chi connectivity index (χ1) is 20.6. The molecule has 0 saturated heterocycles. The van der Waals surface area contributed by atoms with Crippen LogP contribution >= 0.6 is 47.5 Å². The molecule has 6 heteroatoms. The molecule has 0 amide bonds. The van der Waals surface area contributed by atoms with Crippen molar-refractivity contribution < 1.29 is 4.57 Å². The molecule has 0 bridgehead atoms. The lowest BCUT2D eigenvalue weighted by Crippen LogP contribution is -2.33. The van der Waals surface area contributed by atoms with Crippen molar-refractivity contribution in [2.75, 3.05) is 17.7 Å². The molecule has 42 heavy (non-hydrogen) atoms. The molecular formula is C36H37N2S4+. The van der Waals surface area contributed by atoms with Crippen molar-refractivity contribution in [1.29, 1.82) is 0 Å². The largest absolute Gasteiger partial charge is 0.335 e. The Kier molecular flexibility index (Phi) is 9.35. The molecule has 2 nitrogen and oxygen atoms in total. The molecule has 2 aliphatic rings. The highest BCUT2D eigenvalue weighted by Gasteiger charge is 2.25. The average Bonchev–Trinajstić information content (AvgIpc) is 3.58. The topological polar surface area (TPSA) is 7.12 Å². The van der Waals surface area contributed by atoms with Gasteiger partial charge in [0, 0.05) is 34.2 Å². The number of thiol groups is 1. The first kappa shape index (κ1) is 29.4. The fraction of sp³-hybridized carbons (Fsp3) is 0.250. The summed E-state index contributed by atoms with van der Waals surface area (Å²) in [5, 5.41) is 2.60. The Labute approximate surface area is 268 Å². The summed E-state index contributed by atoms with van der Waals surface area (Å²) < 4.78 is 3.75. The molecule has 1 aromatic heterocycles. The SMILES string of the molecule is CCN1/C(=C/C=C2C=C(/C=C/c3sc4cc(CS)ccc4[n+]3CC)CC(c3ccccc3)C/2)Sc2cc(SC)ccc21. The summed E-state index contributed by atoms with van der Waals surface area (Å²) >= 11 is 10.1. The number of aryl methyl sites for hydroxylation is 1. The minimum atomic E-state index is 0.471. The maximum atomic E-state index is 4.49. The highest BCUT2D eigenvalue weighted by Crippen LogP contribution is 2.47. The van der Waals surface area contributed by atoms with Crippen molar-refractivity contribution in [2.45, 2.75) is 54.7 Å². The fourth-order valence-electron chi connectivity index (χ4n) is 5.91. The van der Waals surface area contributed by atoms with Crippen LogP contribution in [0, 0.1) is 0 Å². The summed E-state index contributed by atoms with van der Waals surface area (Å²) in [7, 11) is 0. The lowest BCUT2D eigenvalue weighted by atomic mass is 9.81. The van der Waals surface area contributed by atoms with Crippen LogP contribution in [0.15, 0.2) is 117 Å². The molecular weight excluding hydrogens is 589 g/mol. The van der Waals surface area contributed by atoms with Gasteiger partial charge in [0.2, 0.25) is 5.52 Å². The van der Waals surface area contributed by atoms with E-state index in [1.807, 2.05) is 23.1 Å². The van der Waals surface area contributed by atoms with Crippen molar-refractivity contribution in [1.82, 2.24) is 0 Å². The molecule has 214 valence electrons. The second-order valence-corrected chi connectivity index (χ2v) is 14.0. The van der Waals surface area contributed by atoms with Gasteiger partial charge >= 0.3 is 0 Å². The second kappa shape index (κ2) is 13.3. The molecule has 0 fully saturated rings. The zero-order chi connectivity index (χ0) is 29.1. The van der Waals surface area contributed by atoms with Crippen molar-refractivity contribution >= 4 is 69.5 Å². The van der Waals surface area contributed by atoms with E-state index in [-0.39, 0.29) is 0 Å². The third-order valence-electron chi connectivity index (χ3n) is 8.03. The second-order valence-electron chi connectivity index (χ2n) is 10.6. The molecule has 0 saturated carbocycles. The van der Waals surface area contributed by atoms with Gasteiger partial charge in [-0.15, -0.1) is 11.8 Å². The van der Waals surface area contributed by atoms with Gasteiger partial charge in [0.15, 0.2) is 0 Å². The lowest BCUT2D eigenvalue weighted by Gasteiger charge is -2.24. The van der Waals surface area contributed by atoms with Gasteiger partial charge in [0.05, 0.1) is 10.7 Å². The van der Waals surface area contributed by atoms with Crippen molar-refractivity contribution in [3.63, 3.8) is 0 Å². The zero-order valence-electron chi connectivity index (χ0n) is 24.4. The van der Waals surface area contributed by atoms with E-state index in [0.717, 1.165) is 31.7 Å². The van der Waals surface area contributed by atoms with Gasteiger partial charge in [-0.2, -0.15) is 17.2 Å². The normalized spacial score (nSPS) is 18.9. The Morgan fingerprint density at radius 3 is 2.62 bits per heavy atom. The van der Waals surface area contributed by atoms with Crippen molar-refractivity contribution in [3.05, 3.63) is 123 Å². The van der Waals surface area contributed by atoms with Gasteiger partial charge in [-0.1, -0.05) is 77.7 Å². The van der Waals surface area contributed by atoms with Gasteiger partial charge in [-0.25, -0.2) is 0 Å². The number of rotatable bonds is 8. The van der Waals surface area contributed by atoms with Crippen molar-refractivity contribution in [3.8, 4) is 0 Å². The van der Waals surface area contributed by atoms with E-state index in [1.54, 1.807) is 11.8 Å². The van der Waals surface area contributed by atoms with Gasteiger partial charge < -0.3 is 4.90 Å². The summed E-state index contributed by atoms with van der Waals surface area (Å²) in [6.07, 6.45) is 16.1. The van der Waals surface area contributed by atoms with Crippen LogP contribution in [0.1, 0.15) is 48.7 Å². The summed E-state index contributed by atoms with van der Waals surface area (Å²) in [5.41, 5.74) is 8.09. The molecule has 0 N–H and O–H groups in total. The smallest absolute Gasteiger partial charge is 0.262 e. The van der Waals surface area contributed by atoms with E-state index in [1.165, 1.54) is 58.0 Å². The van der Waals surface area contributed by atoms with Crippen LogP contribution < -0.4 is 9.47 Å². The summed E-state index contributed by atoms with van der Waals surface area (Å²) in [6, 6.07) is 24.6. The number of allylic oxidation sites excluding steroid dienone is 6. The minimum Gasteiger partial charge on any atom is -0.335 e. The third-order valence-corrected chi connectivity index (χ3v) is 11.4. The molecule has 1 aliphatic heterocycles. The number of benzene rings is 3. The Bertz CT molecular complexity index is 1710. The van der Waals surface area contributed by atoms with Gasteiger partial charge in [0.25, 0.3) is 5.01 Å². The van der Waals surface area contributed by atoms with Crippen molar-refractivity contribution in [2.24, 2.45) is 0 Å². The molecule has 1 atom stereocenters. The molecule has 0 spiro atoms. The Morgan fingerprint density at radius 1 is 1.00 bits per heavy atom. The van der Waals surface area contributed by atoms with Crippen LogP contribution in [0.25, 0.3) is 16.3 Å². The van der Waals surface area contributed by atoms with Gasteiger partial charge in [0.1, 0.15) is 11.2 Å². The quantitative estimate of drug-likeness (QED) is 0.118. The van der Waals surface area contributed by atoms with E-state index in [9.17, 15) is 0 Å². The molecule has 6 rings (SSSR count). The average molecular weight is 626 g/mol. The predicted molar refractivity (Wildman–Crippen MR) is 189 cm³/mol. The summed E-state index contributed by atoms with van der Waals surface area (Å²) in [5.74, 6) is 1.24. The Hall–Kier alpha value is -2.64. The lowest BCUT2D eigenvalue weighted by molar-refractivity contribution is -0.665. The van der Waals surface area contributed by atoms with E-state index in [4.69, 9.17) is 0 Å². The van der Waals surface area contributed by atoms with E-state index < -0.39 is 0 Å². The molecule has 1 unspecified atom stereocenters. The van der Waals surface area contributed by atoms with Gasteiger partial charge in [-0.05, 0) is 91.5 Å². The summed E-state index contributed by atoms with van der Waals surface area (Å²) in [6.45, 7) is 6.39. The van der Waals surface area contributed by atoms with E-state index in [2.05, 4.69) is 139 Å². The van der Waals surface area contributed by atoms with Crippen LogP contribution in [0.5, 0.6) is 0 Å². The van der Waals surface area contributed by atoms with Crippen LogP contribution in [0.2, 0.25) is 0 Å². The number of thioether (sulfide) groups is 2. The number of thiazole rings is 1. The number of nitrogens with zero attached hydrogens (tertiary/aromatic N) is 2. The first-order valence-corrected chi connectivity index (χ1v) is 18.1. The summed E-state index contributed by atoms with van der Waals surface area (Å²) in [4.78, 5) is 5.11. The first-order valence-electron chi connectivity index (χ1n) is 14.6. The number of anilines is 1. The van der Waals surface area contributed by atoms with Crippen LogP contribution in [0.3, 0.4) is 0 Å². The molecule has 3 aromatic carbocycles. The number of fused-ring (bicyclic) bond motifs is 2. The van der Waals surface area contributed by atoms with Crippen LogP contribution in [-0.4, -0.2) is 12.8 Å². The van der Waals surface area contributed by atoms with Gasteiger partial charge in [-0.3, -0.25) is 0 Å². The molecule has 4 aromatic rings. The fourth-order valence-corrected chi connectivity index (χ4v) is 8.98. The van der Waals surface area contributed by atoms with Crippen LogP contribution in [0.4, 0.5) is 5.69 Å². The molecule has 1 aliphatic carbocycles. The van der Waals surface area contributed by atoms with E-state index in [0.29, 0.717) is 5.92 Å². The monoisotopic (exact) mass is 625 g/mol. The highest BCUT2D eigenvalue weighted by atomic mass is 32.2. The number of aromatic nitrogens is 1. The van der Waals surface area contributed by atoms with Crippen LogP contribution in [-0.2, 0) is 12.3 Å². The zero-order valence-corrected chi connectivity index (χ0v) is 27.8. The maximum absolute atomic E-state index is 4.49. The Balaban J connectivity index is 1.33.